The van der Waals surface area contributed by atoms with Crippen LogP contribution in [0.15, 0.2) is 194 Å². The lowest BCUT2D eigenvalue weighted by Gasteiger charge is -2.41. The molecule has 3 nitrogen and oxygen atoms in total. The van der Waals surface area contributed by atoms with Crippen molar-refractivity contribution >= 4 is 5.78 Å². The number of ketones is 1. The molecule has 51 heavy (non-hydrogen) atoms. The van der Waals surface area contributed by atoms with Crippen molar-refractivity contribution < 1.29 is 4.79 Å². The van der Waals surface area contributed by atoms with E-state index in [1.807, 2.05) is 78.9 Å². The summed E-state index contributed by atoms with van der Waals surface area (Å²) in [5, 5.41) is 0. The van der Waals surface area contributed by atoms with Crippen molar-refractivity contribution in [1.29, 1.82) is 0 Å². The Hall–Kier alpha value is -6.71. The minimum atomic E-state index is -0.661. The van der Waals surface area contributed by atoms with Crippen LogP contribution in [0.3, 0.4) is 0 Å². The van der Waals surface area contributed by atoms with Crippen molar-refractivity contribution in [3.05, 3.63) is 228 Å². The van der Waals surface area contributed by atoms with Crippen LogP contribution in [0.2, 0.25) is 0 Å². The molecule has 1 aliphatic carbocycles. The zero-order chi connectivity index (χ0) is 34.2. The monoisotopic (exact) mass is 652 g/mol. The van der Waals surface area contributed by atoms with Crippen molar-refractivity contribution in [2.24, 2.45) is 0 Å². The average Bonchev–Trinajstić information content (AvgIpc) is 3.22. The fraction of sp³-hybridized carbons (Fsp3) is 0.0208. The van der Waals surface area contributed by atoms with E-state index in [2.05, 4.69) is 115 Å². The zero-order valence-corrected chi connectivity index (χ0v) is 27.8. The van der Waals surface area contributed by atoms with Gasteiger partial charge in [-0.3, -0.25) is 4.79 Å². The molecule has 7 aromatic carbocycles. The Labute approximate surface area is 297 Å². The molecular formula is C48H32N2O. The van der Waals surface area contributed by atoms with Gasteiger partial charge in [-0.25, -0.2) is 9.97 Å². The summed E-state index contributed by atoms with van der Waals surface area (Å²) in [4.78, 5) is 24.5. The molecule has 1 aromatic heterocycles. The van der Waals surface area contributed by atoms with E-state index in [0.29, 0.717) is 11.4 Å². The molecule has 0 saturated carbocycles. The van der Waals surface area contributed by atoms with Gasteiger partial charge in [0.05, 0.1) is 16.8 Å². The number of carbonyl (C=O) groups is 1. The lowest BCUT2D eigenvalue weighted by molar-refractivity contribution is 0.103. The highest BCUT2D eigenvalue weighted by Gasteiger charge is 2.46. The molecule has 0 aliphatic heterocycles. The Bertz CT molecular complexity index is 2430. The lowest BCUT2D eigenvalue weighted by atomic mass is 9.59. The molecule has 0 N–H and O–H groups in total. The first-order valence-electron chi connectivity index (χ1n) is 17.2. The van der Waals surface area contributed by atoms with Crippen LogP contribution in [-0.4, -0.2) is 15.8 Å². The fourth-order valence-electron chi connectivity index (χ4n) is 7.63. The van der Waals surface area contributed by atoms with Gasteiger partial charge in [-0.2, -0.15) is 0 Å². The van der Waals surface area contributed by atoms with Crippen molar-refractivity contribution in [3.8, 4) is 45.0 Å². The Kier molecular flexibility index (Phi) is 7.52. The van der Waals surface area contributed by atoms with E-state index >= 15 is 0 Å². The molecule has 9 rings (SSSR count). The van der Waals surface area contributed by atoms with E-state index in [1.54, 1.807) is 0 Å². The predicted molar refractivity (Wildman–Crippen MR) is 206 cm³/mol. The second-order valence-corrected chi connectivity index (χ2v) is 12.9. The molecule has 1 aliphatic rings. The van der Waals surface area contributed by atoms with Gasteiger partial charge in [-0.05, 0) is 51.6 Å². The van der Waals surface area contributed by atoms with Crippen molar-refractivity contribution in [1.82, 2.24) is 9.97 Å². The topological polar surface area (TPSA) is 42.9 Å². The summed E-state index contributed by atoms with van der Waals surface area (Å²) >= 11 is 0. The molecule has 0 spiro atoms. The van der Waals surface area contributed by atoms with Crippen LogP contribution in [0, 0.1) is 0 Å². The number of benzene rings is 7. The Morgan fingerprint density at radius 1 is 0.353 bits per heavy atom. The molecule has 0 fully saturated rings. The summed E-state index contributed by atoms with van der Waals surface area (Å²) in [6, 6.07) is 66.4. The molecule has 3 heteroatoms. The van der Waals surface area contributed by atoms with Crippen LogP contribution < -0.4 is 0 Å². The maximum atomic E-state index is 14.5. The number of fused-ring (bicyclic) bond motifs is 2. The largest absolute Gasteiger partial charge is 0.289 e. The van der Waals surface area contributed by atoms with Crippen LogP contribution in [0.4, 0.5) is 0 Å². The molecule has 8 aromatic rings. The third kappa shape index (κ3) is 5.19. The number of hydrogen-bond acceptors (Lipinski definition) is 3. The smallest absolute Gasteiger partial charge is 0.193 e. The molecule has 0 radical (unpaired) electrons. The number of rotatable bonds is 6. The molecule has 0 saturated heterocycles. The molecular weight excluding hydrogens is 621 g/mol. The molecule has 1 heterocycles. The Morgan fingerprint density at radius 2 is 0.843 bits per heavy atom. The van der Waals surface area contributed by atoms with Crippen LogP contribution >= 0.6 is 0 Å². The van der Waals surface area contributed by atoms with Gasteiger partial charge in [-0.1, -0.05) is 176 Å². The first-order chi connectivity index (χ1) is 25.2. The van der Waals surface area contributed by atoms with E-state index in [1.165, 1.54) is 0 Å². The van der Waals surface area contributed by atoms with E-state index < -0.39 is 5.41 Å². The van der Waals surface area contributed by atoms with Gasteiger partial charge in [0.25, 0.3) is 0 Å². The number of carbonyl (C=O) groups excluding carboxylic acids is 1. The van der Waals surface area contributed by atoms with Gasteiger partial charge < -0.3 is 0 Å². The summed E-state index contributed by atoms with van der Waals surface area (Å²) < 4.78 is 0. The molecule has 0 bridgehead atoms. The SMILES string of the molecule is O=C1c2ccccc2C(c2ccccc2)(c2ccccc2)c2ccc(-c3cccc(-c4cc(-c5ccccc5)nc(-c5ccccc5)n4)c3)cc21. The van der Waals surface area contributed by atoms with Crippen molar-refractivity contribution in [2.45, 2.75) is 5.41 Å². The average molecular weight is 653 g/mol. The fourth-order valence-corrected chi connectivity index (χ4v) is 7.63. The number of hydrogen-bond donors (Lipinski definition) is 0. The third-order valence-corrected chi connectivity index (χ3v) is 9.98. The summed E-state index contributed by atoms with van der Waals surface area (Å²) in [6.07, 6.45) is 0. The highest BCUT2D eigenvalue weighted by Crippen LogP contribution is 2.51. The van der Waals surface area contributed by atoms with Crippen molar-refractivity contribution in [3.63, 3.8) is 0 Å². The van der Waals surface area contributed by atoms with Gasteiger partial charge in [-0.15, -0.1) is 0 Å². The standard InChI is InChI=1S/C48H32N2O/c51-46-40-26-13-14-27-42(40)48(38-22-9-3-10-23-38,39-24-11-4-12-25-39)43-29-28-36(31-41(43)46)35-20-15-21-37(30-35)45-32-44(33-16-5-1-6-17-33)49-47(50-45)34-18-7-2-8-19-34/h1-32H. The third-order valence-electron chi connectivity index (χ3n) is 9.98. The minimum Gasteiger partial charge on any atom is -0.289 e. The maximum absolute atomic E-state index is 14.5. The second kappa shape index (κ2) is 12.6. The minimum absolute atomic E-state index is 0.0388. The van der Waals surface area contributed by atoms with Gasteiger partial charge in [0.2, 0.25) is 0 Å². The molecule has 0 atom stereocenters. The summed E-state index contributed by atoms with van der Waals surface area (Å²) in [6.45, 7) is 0. The normalized spacial score (nSPS) is 12.9. The van der Waals surface area contributed by atoms with Crippen LogP contribution in [0.5, 0.6) is 0 Å². The van der Waals surface area contributed by atoms with E-state index in [0.717, 1.165) is 67.0 Å². The van der Waals surface area contributed by atoms with Crippen LogP contribution in [0.1, 0.15) is 38.2 Å². The highest BCUT2D eigenvalue weighted by molar-refractivity contribution is 6.14. The zero-order valence-electron chi connectivity index (χ0n) is 27.8. The van der Waals surface area contributed by atoms with E-state index in [4.69, 9.17) is 9.97 Å². The Morgan fingerprint density at radius 3 is 1.51 bits per heavy atom. The van der Waals surface area contributed by atoms with Gasteiger partial charge in [0.1, 0.15) is 0 Å². The highest BCUT2D eigenvalue weighted by atomic mass is 16.1. The van der Waals surface area contributed by atoms with Crippen molar-refractivity contribution in [2.75, 3.05) is 0 Å². The second-order valence-electron chi connectivity index (χ2n) is 12.9. The quantitative estimate of drug-likeness (QED) is 0.180. The van der Waals surface area contributed by atoms with Crippen LogP contribution in [0.25, 0.3) is 45.0 Å². The van der Waals surface area contributed by atoms with Gasteiger partial charge in [0.15, 0.2) is 11.6 Å². The van der Waals surface area contributed by atoms with E-state index in [-0.39, 0.29) is 5.78 Å². The molecule has 240 valence electrons. The first-order valence-corrected chi connectivity index (χ1v) is 17.2. The molecule has 0 unspecified atom stereocenters. The molecule has 0 amide bonds. The number of nitrogens with zero attached hydrogens (tertiary/aromatic N) is 2. The predicted octanol–water partition coefficient (Wildman–Crippen LogP) is 11.1. The van der Waals surface area contributed by atoms with Gasteiger partial charge >= 0.3 is 0 Å². The summed E-state index contributed by atoms with van der Waals surface area (Å²) in [7, 11) is 0. The van der Waals surface area contributed by atoms with Crippen LogP contribution in [-0.2, 0) is 5.41 Å². The Balaban J connectivity index is 1.21. The van der Waals surface area contributed by atoms with Gasteiger partial charge in [0, 0.05) is 27.8 Å². The summed E-state index contributed by atoms with van der Waals surface area (Å²) in [5.41, 5.74) is 11.7. The van der Waals surface area contributed by atoms with E-state index in [9.17, 15) is 4.79 Å². The lowest BCUT2D eigenvalue weighted by Crippen LogP contribution is -2.38. The first kappa shape index (κ1) is 30.4. The number of aromatic nitrogens is 2. The maximum Gasteiger partial charge on any atom is 0.193 e. The summed E-state index contributed by atoms with van der Waals surface area (Å²) in [5.74, 6) is 0.713.